The fourth-order valence-electron chi connectivity index (χ4n) is 4.20. The summed E-state index contributed by atoms with van der Waals surface area (Å²) in [6, 6.07) is 19.1. The van der Waals surface area contributed by atoms with Crippen molar-refractivity contribution in [2.24, 2.45) is 0 Å². The first-order valence-electron chi connectivity index (χ1n) is 12.0. The second-order valence-corrected chi connectivity index (χ2v) is 9.25. The lowest BCUT2D eigenvalue weighted by Gasteiger charge is -2.28. The summed E-state index contributed by atoms with van der Waals surface area (Å²) in [7, 11) is 1.51. The molecule has 37 heavy (non-hydrogen) atoms. The highest BCUT2D eigenvalue weighted by Crippen LogP contribution is 2.28. The van der Waals surface area contributed by atoms with Crippen LogP contribution in [0.25, 0.3) is 0 Å². The minimum atomic E-state index is -1.21. The summed E-state index contributed by atoms with van der Waals surface area (Å²) in [6.07, 6.45) is -0.263. The summed E-state index contributed by atoms with van der Waals surface area (Å²) in [5.74, 6) is -1.38. The fourth-order valence-corrected chi connectivity index (χ4v) is 4.20. The van der Waals surface area contributed by atoms with E-state index < -0.39 is 29.7 Å². The predicted octanol–water partition coefficient (Wildman–Crippen LogP) is 4.25. The van der Waals surface area contributed by atoms with Crippen LogP contribution in [-0.4, -0.2) is 41.8 Å². The van der Waals surface area contributed by atoms with Crippen LogP contribution < -0.4 is 15.1 Å². The minimum absolute atomic E-state index is 0.227. The van der Waals surface area contributed by atoms with E-state index in [4.69, 9.17) is 4.74 Å². The largest absolute Gasteiger partial charge is 0.497 e. The molecule has 190 valence electrons. The van der Waals surface area contributed by atoms with Gasteiger partial charge in [0, 0.05) is 11.1 Å². The number of anilines is 1. The van der Waals surface area contributed by atoms with Gasteiger partial charge in [-0.3, -0.25) is 24.6 Å². The van der Waals surface area contributed by atoms with Crippen LogP contribution in [0.15, 0.2) is 72.8 Å². The van der Waals surface area contributed by atoms with Crippen molar-refractivity contribution in [1.82, 2.24) is 10.4 Å². The number of imide groups is 1. The number of hydrazine groups is 1. The number of aryl methyl sites for hydroxylation is 1. The summed E-state index contributed by atoms with van der Waals surface area (Å²) in [5, 5.41) is 0.967. The molecule has 0 radical (unpaired) electrons. The summed E-state index contributed by atoms with van der Waals surface area (Å²) in [6.45, 7) is 5.95. The van der Waals surface area contributed by atoms with Crippen LogP contribution in [0.1, 0.15) is 58.0 Å². The zero-order valence-electron chi connectivity index (χ0n) is 21.2. The third-order valence-electron chi connectivity index (χ3n) is 6.31. The van der Waals surface area contributed by atoms with Crippen LogP contribution in [0.4, 0.5) is 5.69 Å². The third kappa shape index (κ3) is 5.38. The standard InChI is InChI=1S/C29H29N3O5/c1-18(2)20-8-12-23(13-9-20)31-26(33)17-25(29(31)36)32(28(35)21-10-14-24(37-4)15-11-21)30-27(34)22-7-5-6-19(3)16-22/h5-16,18,25H,17H2,1-4H3,(H,30,34). The van der Waals surface area contributed by atoms with Gasteiger partial charge < -0.3 is 4.74 Å². The van der Waals surface area contributed by atoms with E-state index in [-0.39, 0.29) is 12.0 Å². The molecule has 1 N–H and O–H groups in total. The topological polar surface area (TPSA) is 96.0 Å². The molecule has 8 heteroatoms. The molecule has 0 bridgehead atoms. The molecule has 1 heterocycles. The monoisotopic (exact) mass is 499 g/mol. The molecule has 1 aliphatic heterocycles. The molecule has 8 nitrogen and oxygen atoms in total. The van der Waals surface area contributed by atoms with E-state index in [1.807, 2.05) is 25.1 Å². The zero-order chi connectivity index (χ0) is 26.7. The average Bonchev–Trinajstić information content (AvgIpc) is 3.20. The second kappa shape index (κ2) is 10.7. The molecule has 3 aromatic rings. The molecule has 0 aliphatic carbocycles. The van der Waals surface area contributed by atoms with E-state index in [0.717, 1.165) is 21.0 Å². The van der Waals surface area contributed by atoms with Crippen molar-refractivity contribution in [3.63, 3.8) is 0 Å². The molecule has 3 aromatic carbocycles. The van der Waals surface area contributed by atoms with E-state index in [0.29, 0.717) is 22.9 Å². The maximum absolute atomic E-state index is 13.6. The lowest BCUT2D eigenvalue weighted by Crippen LogP contribution is -2.54. The number of carbonyl (C=O) groups excluding carboxylic acids is 4. The smallest absolute Gasteiger partial charge is 0.273 e. The highest BCUT2D eigenvalue weighted by Gasteiger charge is 2.45. The van der Waals surface area contributed by atoms with Gasteiger partial charge in [-0.15, -0.1) is 0 Å². The molecule has 1 saturated heterocycles. The number of benzene rings is 3. The Morgan fingerprint density at radius 2 is 1.65 bits per heavy atom. The maximum Gasteiger partial charge on any atom is 0.273 e. The van der Waals surface area contributed by atoms with Crippen LogP contribution in [0.5, 0.6) is 5.75 Å². The van der Waals surface area contributed by atoms with Gasteiger partial charge in [0.2, 0.25) is 5.91 Å². The van der Waals surface area contributed by atoms with Gasteiger partial charge in [-0.1, -0.05) is 43.7 Å². The number of methoxy groups -OCH3 is 1. The minimum Gasteiger partial charge on any atom is -0.497 e. The van der Waals surface area contributed by atoms with Crippen molar-refractivity contribution in [1.29, 1.82) is 0 Å². The molecule has 1 unspecified atom stereocenters. The van der Waals surface area contributed by atoms with Gasteiger partial charge in [0.1, 0.15) is 11.8 Å². The Labute approximate surface area is 215 Å². The Morgan fingerprint density at radius 3 is 2.24 bits per heavy atom. The van der Waals surface area contributed by atoms with Gasteiger partial charge in [0.15, 0.2) is 0 Å². The predicted molar refractivity (Wildman–Crippen MR) is 139 cm³/mol. The SMILES string of the molecule is COc1ccc(C(=O)N(NC(=O)c2cccc(C)c2)C2CC(=O)N(c3ccc(C(C)C)cc3)C2=O)cc1. The number of carbonyl (C=O) groups is 4. The van der Waals surface area contributed by atoms with Gasteiger partial charge in [-0.2, -0.15) is 0 Å². The molecular formula is C29H29N3O5. The van der Waals surface area contributed by atoms with Crippen LogP contribution in [0, 0.1) is 6.92 Å². The van der Waals surface area contributed by atoms with Crippen molar-refractivity contribution >= 4 is 29.3 Å². The zero-order valence-corrected chi connectivity index (χ0v) is 21.2. The molecule has 1 aliphatic rings. The first kappa shape index (κ1) is 25.6. The molecule has 4 rings (SSSR count). The summed E-state index contributed by atoms with van der Waals surface area (Å²) < 4.78 is 5.16. The van der Waals surface area contributed by atoms with E-state index in [1.54, 1.807) is 42.5 Å². The van der Waals surface area contributed by atoms with Crippen molar-refractivity contribution in [3.05, 3.63) is 95.1 Å². The lowest BCUT2D eigenvalue weighted by molar-refractivity contribution is -0.122. The molecule has 0 aromatic heterocycles. The van der Waals surface area contributed by atoms with Crippen molar-refractivity contribution < 1.29 is 23.9 Å². The number of hydrogen-bond acceptors (Lipinski definition) is 5. The third-order valence-corrected chi connectivity index (χ3v) is 6.31. The van der Waals surface area contributed by atoms with E-state index in [1.165, 1.54) is 19.2 Å². The molecule has 1 fully saturated rings. The number of rotatable bonds is 6. The van der Waals surface area contributed by atoms with Crippen LogP contribution >= 0.6 is 0 Å². The Hall–Kier alpha value is -4.46. The molecule has 0 spiro atoms. The Bertz CT molecular complexity index is 1330. The van der Waals surface area contributed by atoms with Crippen LogP contribution in [-0.2, 0) is 9.59 Å². The molecular weight excluding hydrogens is 470 g/mol. The lowest BCUT2D eigenvalue weighted by atomic mass is 10.0. The summed E-state index contributed by atoms with van der Waals surface area (Å²) in [4.78, 5) is 54.3. The highest BCUT2D eigenvalue weighted by molar-refractivity contribution is 6.23. The van der Waals surface area contributed by atoms with Crippen molar-refractivity contribution in [2.45, 2.75) is 39.2 Å². The quantitative estimate of drug-likeness (QED) is 0.404. The van der Waals surface area contributed by atoms with E-state index in [9.17, 15) is 19.2 Å². The Morgan fingerprint density at radius 1 is 0.973 bits per heavy atom. The Kier molecular flexibility index (Phi) is 7.38. The molecule has 0 saturated carbocycles. The van der Waals surface area contributed by atoms with Crippen molar-refractivity contribution in [3.8, 4) is 5.75 Å². The van der Waals surface area contributed by atoms with Crippen molar-refractivity contribution in [2.75, 3.05) is 12.0 Å². The van der Waals surface area contributed by atoms with Gasteiger partial charge in [0.05, 0.1) is 19.2 Å². The second-order valence-electron chi connectivity index (χ2n) is 9.25. The summed E-state index contributed by atoms with van der Waals surface area (Å²) in [5.41, 5.74) is 5.50. The first-order chi connectivity index (χ1) is 17.7. The summed E-state index contributed by atoms with van der Waals surface area (Å²) >= 11 is 0. The van der Waals surface area contributed by atoms with Gasteiger partial charge in [0.25, 0.3) is 17.7 Å². The highest BCUT2D eigenvalue weighted by atomic mass is 16.5. The molecule has 1 atom stereocenters. The normalized spacial score (nSPS) is 15.2. The first-order valence-corrected chi connectivity index (χ1v) is 12.0. The number of nitrogens with one attached hydrogen (secondary N) is 1. The van der Waals surface area contributed by atoms with Crippen LogP contribution in [0.3, 0.4) is 0 Å². The number of nitrogens with zero attached hydrogens (tertiary/aromatic N) is 2. The molecule has 4 amide bonds. The van der Waals surface area contributed by atoms with Crippen LogP contribution in [0.2, 0.25) is 0 Å². The van der Waals surface area contributed by atoms with E-state index in [2.05, 4.69) is 19.3 Å². The number of hydrogen-bond donors (Lipinski definition) is 1. The van der Waals surface area contributed by atoms with Gasteiger partial charge >= 0.3 is 0 Å². The number of ether oxygens (including phenoxy) is 1. The maximum atomic E-state index is 13.6. The Balaban J connectivity index is 1.67. The van der Waals surface area contributed by atoms with E-state index >= 15 is 0 Å². The van der Waals surface area contributed by atoms with Gasteiger partial charge in [-0.25, -0.2) is 9.91 Å². The fraction of sp³-hybridized carbons (Fsp3) is 0.241. The number of amides is 4. The van der Waals surface area contributed by atoms with Gasteiger partial charge in [-0.05, 0) is 66.9 Å². The average molecular weight is 500 g/mol.